The van der Waals surface area contributed by atoms with Crippen LogP contribution in [0.3, 0.4) is 0 Å². The van der Waals surface area contributed by atoms with E-state index < -0.39 is 53.6 Å². The Bertz CT molecular complexity index is 1090. The number of rotatable bonds is 4. The smallest absolute Gasteiger partial charge is 0.324 e. The molecule has 174 valence electrons. The van der Waals surface area contributed by atoms with Gasteiger partial charge in [-0.3, -0.25) is 14.6 Å². The first kappa shape index (κ1) is 23.0. The van der Waals surface area contributed by atoms with Crippen LogP contribution in [0.4, 0.5) is 13.2 Å². The largest absolute Gasteiger partial charge is 0.468 e. The Morgan fingerprint density at radius 1 is 1.21 bits per heavy atom. The van der Waals surface area contributed by atoms with E-state index in [9.17, 15) is 14.0 Å². The Morgan fingerprint density at radius 2 is 1.97 bits per heavy atom. The van der Waals surface area contributed by atoms with E-state index in [0.717, 1.165) is 7.11 Å². The van der Waals surface area contributed by atoms with E-state index in [1.807, 2.05) is 0 Å². The van der Waals surface area contributed by atoms with Crippen LogP contribution in [-0.4, -0.2) is 36.1 Å². The summed E-state index contributed by atoms with van der Waals surface area (Å²) in [5.74, 6) is -8.37. The van der Waals surface area contributed by atoms with Gasteiger partial charge in [0, 0.05) is 30.0 Å². The lowest BCUT2D eigenvalue weighted by molar-refractivity contribution is -0.190. The van der Waals surface area contributed by atoms with Crippen molar-refractivity contribution in [3.63, 3.8) is 0 Å². The molecule has 1 aliphatic heterocycles. The number of carbonyl (C=O) groups is 2. The Morgan fingerprint density at radius 3 is 2.61 bits per heavy atom. The summed E-state index contributed by atoms with van der Waals surface area (Å²) in [6.45, 7) is 3.02. The van der Waals surface area contributed by atoms with Crippen LogP contribution in [0.2, 0.25) is 0 Å². The third kappa shape index (κ3) is 3.81. The molecule has 0 spiro atoms. The summed E-state index contributed by atoms with van der Waals surface area (Å²) >= 11 is 0. The van der Waals surface area contributed by atoms with Gasteiger partial charge in [0.15, 0.2) is 5.41 Å². The SMILES string of the molecule is COC(=O)[C@@]12CC(F)(F)[C@@H](C)[C@H](/C=C/c3ccc(-c4cccc(F)c4)cn3)[C@@H]1[C@@H](C)OC2=O. The Balaban J connectivity index is 1.67. The number of halogens is 3. The van der Waals surface area contributed by atoms with Crippen LogP contribution in [0, 0.1) is 29.0 Å². The zero-order valence-corrected chi connectivity index (χ0v) is 18.4. The fraction of sp³-hybridized carbons (Fsp3) is 0.400. The third-order valence-electron chi connectivity index (χ3n) is 6.89. The molecule has 1 aliphatic carbocycles. The zero-order chi connectivity index (χ0) is 24.0. The molecule has 2 aliphatic rings. The van der Waals surface area contributed by atoms with Gasteiger partial charge in [0.25, 0.3) is 5.92 Å². The van der Waals surface area contributed by atoms with Crippen LogP contribution in [-0.2, 0) is 19.1 Å². The minimum atomic E-state index is -3.28. The molecule has 1 aromatic carbocycles. The highest BCUT2D eigenvalue weighted by Gasteiger charge is 2.72. The molecule has 2 aromatic rings. The van der Waals surface area contributed by atoms with E-state index in [4.69, 9.17) is 9.47 Å². The van der Waals surface area contributed by atoms with Crippen LogP contribution in [0.15, 0.2) is 48.7 Å². The quantitative estimate of drug-likeness (QED) is 0.480. The van der Waals surface area contributed by atoms with E-state index in [0.29, 0.717) is 16.8 Å². The number of fused-ring (bicyclic) bond motifs is 1. The standard InChI is InChI=1S/C25H24F3NO4/c1-14-20(10-9-19-8-7-17(12-29-19)16-5-4-6-18(26)11-16)21-15(2)33-23(31)24(21,22(30)32-3)13-25(14,27)28/h4-12,14-15,20-21H,13H2,1-3H3/b10-9+/t14-,15+,20-,21-,24+/m0/s1. The lowest BCUT2D eigenvalue weighted by Crippen LogP contribution is -2.57. The van der Waals surface area contributed by atoms with Gasteiger partial charge in [-0.05, 0) is 42.7 Å². The maximum atomic E-state index is 15.0. The van der Waals surface area contributed by atoms with Crippen LogP contribution in [0.1, 0.15) is 26.0 Å². The zero-order valence-electron chi connectivity index (χ0n) is 18.4. The predicted octanol–water partition coefficient (Wildman–Crippen LogP) is 4.91. The average molecular weight is 459 g/mol. The number of methoxy groups -OCH3 is 1. The summed E-state index contributed by atoms with van der Waals surface area (Å²) in [4.78, 5) is 29.6. The molecule has 5 nitrogen and oxygen atoms in total. The van der Waals surface area contributed by atoms with Crippen molar-refractivity contribution in [2.24, 2.45) is 23.2 Å². The second-order valence-corrected chi connectivity index (χ2v) is 8.74. The monoisotopic (exact) mass is 459 g/mol. The molecule has 0 unspecified atom stereocenters. The van der Waals surface area contributed by atoms with Crippen molar-refractivity contribution in [1.29, 1.82) is 0 Å². The van der Waals surface area contributed by atoms with E-state index in [1.54, 1.807) is 49.5 Å². The number of benzene rings is 1. The molecule has 0 bridgehead atoms. The number of carbonyl (C=O) groups excluding carboxylic acids is 2. The molecule has 33 heavy (non-hydrogen) atoms. The second kappa shape index (κ2) is 8.32. The summed E-state index contributed by atoms with van der Waals surface area (Å²) < 4.78 is 53.6. The number of ether oxygens (including phenoxy) is 2. The molecule has 1 saturated carbocycles. The average Bonchev–Trinajstić information content (AvgIpc) is 3.03. The molecule has 8 heteroatoms. The maximum absolute atomic E-state index is 15.0. The Kier molecular flexibility index (Phi) is 5.80. The number of hydrogen-bond donors (Lipinski definition) is 0. The minimum absolute atomic E-state index is 0.361. The number of cyclic esters (lactones) is 1. The molecule has 1 aromatic heterocycles. The molecule has 0 N–H and O–H groups in total. The fourth-order valence-electron chi connectivity index (χ4n) is 5.15. The van der Waals surface area contributed by atoms with Gasteiger partial charge >= 0.3 is 11.9 Å². The molecule has 2 heterocycles. The third-order valence-corrected chi connectivity index (χ3v) is 6.89. The molecule has 0 radical (unpaired) electrons. The highest BCUT2D eigenvalue weighted by Crippen LogP contribution is 2.59. The maximum Gasteiger partial charge on any atom is 0.324 e. The highest BCUT2D eigenvalue weighted by atomic mass is 19.3. The summed E-state index contributed by atoms with van der Waals surface area (Å²) in [6, 6.07) is 9.54. The topological polar surface area (TPSA) is 65.5 Å². The number of nitrogens with zero attached hydrogens (tertiary/aromatic N) is 1. The van der Waals surface area contributed by atoms with Crippen LogP contribution < -0.4 is 0 Å². The van der Waals surface area contributed by atoms with Crippen LogP contribution >= 0.6 is 0 Å². The summed E-state index contributed by atoms with van der Waals surface area (Å²) in [5, 5.41) is 0. The number of alkyl halides is 2. The van der Waals surface area contributed by atoms with Crippen molar-refractivity contribution in [2.45, 2.75) is 32.3 Å². The summed E-state index contributed by atoms with van der Waals surface area (Å²) in [6.07, 6.45) is 3.06. The van der Waals surface area contributed by atoms with Gasteiger partial charge in [0.2, 0.25) is 0 Å². The van der Waals surface area contributed by atoms with Crippen molar-refractivity contribution >= 4 is 18.0 Å². The van der Waals surface area contributed by atoms with Crippen molar-refractivity contribution in [3.8, 4) is 11.1 Å². The number of hydrogen-bond acceptors (Lipinski definition) is 5. The van der Waals surface area contributed by atoms with E-state index in [2.05, 4.69) is 4.98 Å². The summed E-state index contributed by atoms with van der Waals surface area (Å²) in [7, 11) is 1.08. The van der Waals surface area contributed by atoms with Crippen molar-refractivity contribution in [2.75, 3.05) is 7.11 Å². The molecule has 0 amide bonds. The van der Waals surface area contributed by atoms with E-state index in [-0.39, 0.29) is 5.82 Å². The first-order chi connectivity index (χ1) is 15.6. The van der Waals surface area contributed by atoms with Gasteiger partial charge in [0.1, 0.15) is 11.9 Å². The van der Waals surface area contributed by atoms with Crippen molar-refractivity contribution in [1.82, 2.24) is 4.98 Å². The highest BCUT2D eigenvalue weighted by molar-refractivity contribution is 6.02. The van der Waals surface area contributed by atoms with Gasteiger partial charge in [-0.15, -0.1) is 0 Å². The molecule has 1 saturated heterocycles. The Hall–Kier alpha value is -3.16. The number of pyridine rings is 1. The molecular formula is C25H24F3NO4. The van der Waals surface area contributed by atoms with Gasteiger partial charge in [-0.2, -0.15) is 0 Å². The summed E-state index contributed by atoms with van der Waals surface area (Å²) in [5.41, 5.74) is -0.180. The van der Waals surface area contributed by atoms with E-state index >= 15 is 8.78 Å². The molecule has 5 atom stereocenters. The number of esters is 2. The number of allylic oxidation sites excluding steroid dienone is 1. The van der Waals surface area contributed by atoms with Gasteiger partial charge in [-0.1, -0.05) is 31.2 Å². The van der Waals surface area contributed by atoms with Gasteiger partial charge in [-0.25, -0.2) is 13.2 Å². The Labute approximate surface area is 189 Å². The van der Waals surface area contributed by atoms with Crippen molar-refractivity contribution < 1.29 is 32.2 Å². The lowest BCUT2D eigenvalue weighted by Gasteiger charge is -2.46. The first-order valence-electron chi connectivity index (χ1n) is 10.7. The first-order valence-corrected chi connectivity index (χ1v) is 10.7. The van der Waals surface area contributed by atoms with Crippen molar-refractivity contribution in [3.05, 3.63) is 60.2 Å². The van der Waals surface area contributed by atoms with Crippen LogP contribution in [0.25, 0.3) is 17.2 Å². The predicted molar refractivity (Wildman–Crippen MR) is 114 cm³/mol. The van der Waals surface area contributed by atoms with Crippen LogP contribution in [0.5, 0.6) is 0 Å². The lowest BCUT2D eigenvalue weighted by atomic mass is 9.56. The van der Waals surface area contributed by atoms with Gasteiger partial charge in [0.05, 0.1) is 12.8 Å². The number of aromatic nitrogens is 1. The minimum Gasteiger partial charge on any atom is -0.468 e. The molecule has 4 rings (SSSR count). The fourth-order valence-corrected chi connectivity index (χ4v) is 5.15. The molecular weight excluding hydrogens is 435 g/mol. The second-order valence-electron chi connectivity index (χ2n) is 8.74. The normalized spacial score (nSPS) is 30.7. The van der Waals surface area contributed by atoms with Gasteiger partial charge < -0.3 is 9.47 Å². The van der Waals surface area contributed by atoms with E-state index in [1.165, 1.54) is 19.1 Å². The molecule has 2 fully saturated rings.